The Morgan fingerprint density at radius 3 is 2.89 bits per heavy atom. The van der Waals surface area contributed by atoms with Crippen molar-refractivity contribution in [2.24, 2.45) is 5.10 Å². The van der Waals surface area contributed by atoms with Gasteiger partial charge in [0.25, 0.3) is 0 Å². The Bertz CT molecular complexity index is 645. The molecule has 0 radical (unpaired) electrons. The van der Waals surface area contributed by atoms with E-state index in [2.05, 4.69) is 15.5 Å². The van der Waals surface area contributed by atoms with Crippen LogP contribution in [0.15, 0.2) is 41.6 Å². The van der Waals surface area contributed by atoms with Crippen molar-refractivity contribution in [3.8, 4) is 0 Å². The van der Waals surface area contributed by atoms with Crippen molar-refractivity contribution in [2.75, 3.05) is 5.43 Å². The number of hydrazone groups is 1. The molecule has 0 saturated heterocycles. The van der Waals surface area contributed by atoms with Gasteiger partial charge in [-0.25, -0.2) is 0 Å². The number of pyridine rings is 1. The normalized spacial score (nSPS) is 10.8. The third kappa shape index (κ3) is 3.45. The second-order valence-corrected chi connectivity index (χ2v) is 4.10. The van der Waals surface area contributed by atoms with Crippen LogP contribution in [-0.4, -0.2) is 22.8 Å². The summed E-state index contributed by atoms with van der Waals surface area (Å²) in [4.78, 5) is 26.3. The second kappa shape index (κ2) is 5.86. The zero-order valence-electron chi connectivity index (χ0n) is 10.5. The summed E-state index contributed by atoms with van der Waals surface area (Å²) in [6.07, 6.45) is 2.68. The van der Waals surface area contributed by atoms with Gasteiger partial charge in [-0.15, -0.1) is 0 Å². The number of nitrogens with zero attached hydrogens (tertiary/aromatic N) is 2. The number of Topliss-reactive ketones (excluding diaryl/α,β-unsaturated/α-hetero) is 2. The van der Waals surface area contributed by atoms with Crippen LogP contribution in [0.25, 0.3) is 10.9 Å². The van der Waals surface area contributed by atoms with Gasteiger partial charge in [0.15, 0.2) is 5.78 Å². The lowest BCUT2D eigenvalue weighted by molar-refractivity contribution is -0.122. The molecule has 1 N–H and O–H groups in total. The van der Waals surface area contributed by atoms with Crippen LogP contribution in [-0.2, 0) is 9.59 Å². The molecule has 0 aliphatic rings. The van der Waals surface area contributed by atoms with Crippen molar-refractivity contribution < 1.29 is 9.59 Å². The highest BCUT2D eigenvalue weighted by Crippen LogP contribution is 2.20. The molecule has 0 bridgehead atoms. The predicted octanol–water partition coefficient (Wildman–Crippen LogP) is 2.18. The smallest absolute Gasteiger partial charge is 0.182 e. The van der Waals surface area contributed by atoms with Gasteiger partial charge in [0.05, 0.1) is 23.8 Å². The Kier molecular flexibility index (Phi) is 3.97. The number of ketones is 2. The molecule has 0 spiro atoms. The lowest BCUT2D eigenvalue weighted by Crippen LogP contribution is -2.06. The van der Waals surface area contributed by atoms with Gasteiger partial charge in [0.1, 0.15) is 5.78 Å². The molecule has 2 aromatic rings. The first-order valence-electron chi connectivity index (χ1n) is 5.82. The first-order valence-corrected chi connectivity index (χ1v) is 5.82. The second-order valence-electron chi connectivity index (χ2n) is 4.10. The van der Waals surface area contributed by atoms with Gasteiger partial charge >= 0.3 is 0 Å². The van der Waals surface area contributed by atoms with E-state index in [1.165, 1.54) is 6.92 Å². The summed E-state index contributed by atoms with van der Waals surface area (Å²) >= 11 is 0. The van der Waals surface area contributed by atoms with Gasteiger partial charge in [-0.1, -0.05) is 18.2 Å². The van der Waals surface area contributed by atoms with E-state index in [9.17, 15) is 9.59 Å². The number of hydrogen-bond donors (Lipinski definition) is 1. The standard InChI is InChI=1S/C14H13N3O2/c1-10(18)8-12(19)9-16-17-13-6-2-4-11-5-3-7-15-14(11)13/h2-7,9,17H,8H2,1H3. The summed E-state index contributed by atoms with van der Waals surface area (Å²) in [6.45, 7) is 1.37. The summed E-state index contributed by atoms with van der Waals surface area (Å²) in [6, 6.07) is 9.43. The van der Waals surface area contributed by atoms with Crippen LogP contribution in [0.5, 0.6) is 0 Å². The highest BCUT2D eigenvalue weighted by Gasteiger charge is 2.02. The van der Waals surface area contributed by atoms with E-state index in [-0.39, 0.29) is 18.0 Å². The summed E-state index contributed by atoms with van der Waals surface area (Å²) in [5, 5.41) is 4.81. The average Bonchev–Trinajstić information content (AvgIpc) is 2.38. The summed E-state index contributed by atoms with van der Waals surface area (Å²) in [7, 11) is 0. The van der Waals surface area contributed by atoms with Gasteiger partial charge in [0, 0.05) is 11.6 Å². The quantitative estimate of drug-likeness (QED) is 0.505. The lowest BCUT2D eigenvalue weighted by Gasteiger charge is -2.03. The molecule has 0 aliphatic heterocycles. The fourth-order valence-electron chi connectivity index (χ4n) is 1.66. The van der Waals surface area contributed by atoms with Crippen molar-refractivity contribution in [2.45, 2.75) is 13.3 Å². The van der Waals surface area contributed by atoms with Crippen molar-refractivity contribution in [1.82, 2.24) is 4.98 Å². The molecule has 96 valence electrons. The molecule has 19 heavy (non-hydrogen) atoms. The SMILES string of the molecule is CC(=O)CC(=O)C=NNc1cccc2cccnc12. The molecule has 1 aromatic heterocycles. The number of benzene rings is 1. The Balaban J connectivity index is 2.12. The van der Waals surface area contributed by atoms with E-state index in [0.29, 0.717) is 5.69 Å². The minimum Gasteiger partial charge on any atom is -0.300 e. The molecule has 5 nitrogen and oxygen atoms in total. The van der Waals surface area contributed by atoms with Crippen LogP contribution < -0.4 is 5.43 Å². The molecule has 5 heteroatoms. The molecule has 0 fully saturated rings. The fourth-order valence-corrected chi connectivity index (χ4v) is 1.66. The minimum atomic E-state index is -0.326. The van der Waals surface area contributed by atoms with Crippen LogP contribution in [0, 0.1) is 0 Å². The molecule has 0 aliphatic carbocycles. The topological polar surface area (TPSA) is 71.4 Å². The molecule has 1 heterocycles. The Morgan fingerprint density at radius 2 is 2.11 bits per heavy atom. The Hall–Kier alpha value is -2.56. The number of rotatable bonds is 5. The molecular weight excluding hydrogens is 242 g/mol. The van der Waals surface area contributed by atoms with Gasteiger partial charge in [-0.05, 0) is 19.1 Å². The van der Waals surface area contributed by atoms with E-state index in [1.807, 2.05) is 30.3 Å². The molecule has 0 saturated carbocycles. The van der Waals surface area contributed by atoms with Crippen LogP contribution in [0.3, 0.4) is 0 Å². The first-order chi connectivity index (χ1) is 9.16. The maximum atomic E-state index is 11.3. The predicted molar refractivity (Wildman–Crippen MR) is 74.2 cm³/mol. The number of fused-ring (bicyclic) bond motifs is 1. The lowest BCUT2D eigenvalue weighted by atomic mass is 10.2. The number of carbonyl (C=O) groups is 2. The van der Waals surface area contributed by atoms with E-state index < -0.39 is 0 Å². The van der Waals surface area contributed by atoms with Crippen molar-refractivity contribution in [3.05, 3.63) is 36.5 Å². The molecule has 1 aromatic carbocycles. The molecule has 2 rings (SSSR count). The third-order valence-electron chi connectivity index (χ3n) is 2.45. The van der Waals surface area contributed by atoms with Gasteiger partial charge < -0.3 is 0 Å². The summed E-state index contributed by atoms with van der Waals surface area (Å²) in [5.74, 6) is -0.503. The number of nitrogens with one attached hydrogen (secondary N) is 1. The molecule has 0 unspecified atom stereocenters. The monoisotopic (exact) mass is 255 g/mol. The molecule has 0 atom stereocenters. The third-order valence-corrected chi connectivity index (χ3v) is 2.45. The first kappa shape index (κ1) is 12.9. The van der Waals surface area contributed by atoms with E-state index >= 15 is 0 Å². The zero-order chi connectivity index (χ0) is 13.7. The fraction of sp³-hybridized carbons (Fsp3) is 0.143. The number of anilines is 1. The van der Waals surface area contributed by atoms with Crippen LogP contribution in [0.2, 0.25) is 0 Å². The van der Waals surface area contributed by atoms with Crippen molar-refractivity contribution >= 4 is 34.4 Å². The Labute approximate surface area is 110 Å². The number of aromatic nitrogens is 1. The molecular formula is C14H13N3O2. The van der Waals surface area contributed by atoms with Gasteiger partial charge in [0.2, 0.25) is 0 Å². The highest BCUT2D eigenvalue weighted by atomic mass is 16.1. The highest BCUT2D eigenvalue weighted by molar-refractivity contribution is 6.31. The van der Waals surface area contributed by atoms with Crippen LogP contribution in [0.4, 0.5) is 5.69 Å². The van der Waals surface area contributed by atoms with E-state index in [4.69, 9.17) is 0 Å². The number of para-hydroxylation sites is 1. The zero-order valence-corrected chi connectivity index (χ0v) is 10.5. The van der Waals surface area contributed by atoms with Crippen LogP contribution in [0.1, 0.15) is 13.3 Å². The van der Waals surface area contributed by atoms with Gasteiger partial charge in [-0.3, -0.25) is 20.0 Å². The van der Waals surface area contributed by atoms with Crippen molar-refractivity contribution in [3.63, 3.8) is 0 Å². The van der Waals surface area contributed by atoms with Gasteiger partial charge in [-0.2, -0.15) is 5.10 Å². The number of hydrogen-bond acceptors (Lipinski definition) is 5. The van der Waals surface area contributed by atoms with Crippen LogP contribution >= 0.6 is 0 Å². The summed E-state index contributed by atoms with van der Waals surface area (Å²) < 4.78 is 0. The number of carbonyl (C=O) groups excluding carboxylic acids is 2. The molecule has 0 amide bonds. The van der Waals surface area contributed by atoms with E-state index in [1.54, 1.807) is 6.20 Å². The maximum absolute atomic E-state index is 11.3. The van der Waals surface area contributed by atoms with E-state index in [0.717, 1.165) is 17.1 Å². The Morgan fingerprint density at radius 1 is 1.32 bits per heavy atom. The average molecular weight is 255 g/mol. The maximum Gasteiger partial charge on any atom is 0.182 e. The van der Waals surface area contributed by atoms with Crippen molar-refractivity contribution in [1.29, 1.82) is 0 Å². The largest absolute Gasteiger partial charge is 0.300 e. The summed E-state index contributed by atoms with van der Waals surface area (Å²) in [5.41, 5.74) is 4.26. The minimum absolute atomic E-state index is 0.126.